The molecule has 0 saturated heterocycles. The molecule has 1 rings (SSSR count). The number of nitrogens with zero attached hydrogens (tertiary/aromatic N) is 1. The maximum atomic E-state index is 11.6. The van der Waals surface area contributed by atoms with E-state index < -0.39 is 11.4 Å². The van der Waals surface area contributed by atoms with Crippen LogP contribution in [0.15, 0.2) is 23.8 Å². The fourth-order valence-corrected chi connectivity index (χ4v) is 2.43. The van der Waals surface area contributed by atoms with E-state index in [2.05, 4.69) is 0 Å². The fourth-order valence-electron chi connectivity index (χ4n) is 1.64. The van der Waals surface area contributed by atoms with Crippen molar-refractivity contribution in [3.63, 3.8) is 0 Å². The molecular weight excluding hydrogens is 226 g/mol. The van der Waals surface area contributed by atoms with Crippen LogP contribution in [0, 0.1) is 0 Å². The number of esters is 1. The van der Waals surface area contributed by atoms with Crippen LogP contribution in [0.5, 0.6) is 0 Å². The Morgan fingerprint density at radius 1 is 1.81 bits per heavy atom. The summed E-state index contributed by atoms with van der Waals surface area (Å²) in [7, 11) is 0. The van der Waals surface area contributed by atoms with E-state index in [0.29, 0.717) is 18.7 Å². The average Bonchev–Trinajstić information content (AvgIpc) is 2.62. The summed E-state index contributed by atoms with van der Waals surface area (Å²) in [6, 6.07) is -0.227. The number of allylic oxidation sites excluding steroid dienone is 1. The minimum Gasteiger partial charge on any atom is -0.598 e. The molecular formula is C11H17NO3S. The summed E-state index contributed by atoms with van der Waals surface area (Å²) in [5.41, 5.74) is 0.579. The summed E-state index contributed by atoms with van der Waals surface area (Å²) in [5.74, 6) is -0.321. The van der Waals surface area contributed by atoms with Gasteiger partial charge in [0.05, 0.1) is 18.7 Å². The van der Waals surface area contributed by atoms with Crippen molar-refractivity contribution in [2.24, 2.45) is 0 Å². The molecule has 2 atom stereocenters. The molecule has 90 valence electrons. The molecule has 0 aromatic heterocycles. The molecule has 0 amide bonds. The first-order chi connectivity index (χ1) is 7.61. The van der Waals surface area contributed by atoms with E-state index in [1.807, 2.05) is 19.1 Å². The number of hydrogen-bond donors (Lipinski definition) is 0. The molecule has 4 nitrogen and oxygen atoms in total. The highest BCUT2D eigenvalue weighted by atomic mass is 32.2. The van der Waals surface area contributed by atoms with Gasteiger partial charge in [-0.05, 0) is 13.8 Å². The molecule has 16 heavy (non-hydrogen) atoms. The monoisotopic (exact) mass is 243 g/mol. The Morgan fingerprint density at radius 3 is 3.00 bits per heavy atom. The SMILES string of the molecule is C/C=C/[C@@H]1C(C(=O)OCC)=CCN1[S+](C)[O-]. The van der Waals surface area contributed by atoms with Crippen LogP contribution in [0.4, 0.5) is 0 Å². The highest BCUT2D eigenvalue weighted by Crippen LogP contribution is 2.23. The van der Waals surface area contributed by atoms with Crippen LogP contribution in [0.25, 0.3) is 0 Å². The molecule has 1 unspecified atom stereocenters. The standard InChI is InChI=1S/C11H17NO3S/c1-4-6-10-9(11(13)15-5-2)7-8-12(10)16(3)14/h4,6-7,10H,5,8H2,1-3H3/b6-4+/t10-,16?/m1/s1. The van der Waals surface area contributed by atoms with Gasteiger partial charge in [0.1, 0.15) is 12.3 Å². The van der Waals surface area contributed by atoms with Gasteiger partial charge in [0, 0.05) is 11.4 Å². The topological polar surface area (TPSA) is 52.6 Å². The number of carbonyl (C=O) groups is 1. The molecule has 1 heterocycles. The van der Waals surface area contributed by atoms with Crippen LogP contribution < -0.4 is 0 Å². The minimum absolute atomic E-state index is 0.227. The Kier molecular flexibility index (Phi) is 5.05. The minimum atomic E-state index is -1.09. The van der Waals surface area contributed by atoms with Crippen LogP contribution in [0.1, 0.15) is 13.8 Å². The van der Waals surface area contributed by atoms with E-state index in [-0.39, 0.29) is 12.0 Å². The largest absolute Gasteiger partial charge is 0.598 e. The Morgan fingerprint density at radius 2 is 2.50 bits per heavy atom. The van der Waals surface area contributed by atoms with Crippen molar-refractivity contribution in [3.8, 4) is 0 Å². The Hall–Kier alpha value is -0.780. The summed E-state index contributed by atoms with van der Waals surface area (Å²) in [6.45, 7) is 4.52. The van der Waals surface area contributed by atoms with Gasteiger partial charge in [-0.1, -0.05) is 18.2 Å². The molecule has 0 aliphatic carbocycles. The summed E-state index contributed by atoms with van der Waals surface area (Å²) in [4.78, 5) is 11.6. The summed E-state index contributed by atoms with van der Waals surface area (Å²) >= 11 is -1.09. The maximum absolute atomic E-state index is 11.6. The van der Waals surface area contributed by atoms with Crippen molar-refractivity contribution >= 4 is 17.3 Å². The molecule has 1 aliphatic heterocycles. The van der Waals surface area contributed by atoms with Crippen LogP contribution in [0.2, 0.25) is 0 Å². The van der Waals surface area contributed by atoms with Crippen molar-refractivity contribution in [1.29, 1.82) is 0 Å². The van der Waals surface area contributed by atoms with Gasteiger partial charge in [0.15, 0.2) is 0 Å². The second-order valence-electron chi connectivity index (χ2n) is 3.37. The van der Waals surface area contributed by atoms with Gasteiger partial charge in [0.2, 0.25) is 0 Å². The molecule has 0 fully saturated rings. The molecule has 0 N–H and O–H groups in total. The van der Waals surface area contributed by atoms with Crippen molar-refractivity contribution in [1.82, 2.24) is 4.31 Å². The van der Waals surface area contributed by atoms with Gasteiger partial charge in [-0.25, -0.2) is 4.79 Å². The summed E-state index contributed by atoms with van der Waals surface area (Å²) in [5, 5.41) is 0. The maximum Gasteiger partial charge on any atom is 0.335 e. The average molecular weight is 243 g/mol. The second-order valence-corrected chi connectivity index (χ2v) is 4.69. The van der Waals surface area contributed by atoms with Crippen LogP contribution in [0.3, 0.4) is 0 Å². The second kappa shape index (κ2) is 6.08. The zero-order valence-corrected chi connectivity index (χ0v) is 10.6. The predicted molar refractivity (Wildman–Crippen MR) is 64.1 cm³/mol. The Balaban J connectivity index is 2.82. The number of rotatable bonds is 4. The van der Waals surface area contributed by atoms with Gasteiger partial charge in [-0.2, -0.15) is 0 Å². The highest BCUT2D eigenvalue weighted by molar-refractivity contribution is 7.88. The smallest absolute Gasteiger partial charge is 0.335 e. The van der Waals surface area contributed by atoms with E-state index in [9.17, 15) is 9.35 Å². The third kappa shape index (κ3) is 2.87. The molecule has 0 spiro atoms. The zero-order valence-electron chi connectivity index (χ0n) is 9.80. The lowest BCUT2D eigenvalue weighted by Gasteiger charge is -2.22. The normalized spacial score (nSPS) is 23.5. The predicted octanol–water partition coefficient (Wildman–Crippen LogP) is 1.03. The van der Waals surface area contributed by atoms with Crippen molar-refractivity contribution in [2.45, 2.75) is 19.9 Å². The number of ether oxygens (including phenoxy) is 1. The Labute approximate surface area is 99.3 Å². The molecule has 0 aromatic carbocycles. The third-order valence-corrected chi connectivity index (χ3v) is 3.37. The van der Waals surface area contributed by atoms with E-state index in [1.54, 1.807) is 23.6 Å². The van der Waals surface area contributed by atoms with Crippen molar-refractivity contribution in [2.75, 3.05) is 19.4 Å². The van der Waals surface area contributed by atoms with E-state index in [0.717, 1.165) is 0 Å². The van der Waals surface area contributed by atoms with Gasteiger partial charge in [-0.15, -0.1) is 4.31 Å². The van der Waals surface area contributed by atoms with Gasteiger partial charge in [0.25, 0.3) is 0 Å². The lowest BCUT2D eigenvalue weighted by molar-refractivity contribution is -0.138. The van der Waals surface area contributed by atoms with E-state index >= 15 is 0 Å². The lowest BCUT2D eigenvalue weighted by Crippen LogP contribution is -2.37. The molecule has 0 bridgehead atoms. The van der Waals surface area contributed by atoms with E-state index in [4.69, 9.17) is 4.74 Å². The first-order valence-corrected chi connectivity index (χ1v) is 6.73. The van der Waals surface area contributed by atoms with Gasteiger partial charge < -0.3 is 9.29 Å². The first-order valence-electron chi connectivity index (χ1n) is 5.22. The zero-order chi connectivity index (χ0) is 12.1. The van der Waals surface area contributed by atoms with Crippen LogP contribution in [-0.2, 0) is 20.9 Å². The molecule has 1 aliphatic rings. The highest BCUT2D eigenvalue weighted by Gasteiger charge is 2.35. The molecule has 0 aromatic rings. The van der Waals surface area contributed by atoms with Crippen molar-refractivity contribution < 1.29 is 14.1 Å². The van der Waals surface area contributed by atoms with Gasteiger partial charge >= 0.3 is 5.97 Å². The number of carbonyl (C=O) groups excluding carboxylic acids is 1. The summed E-state index contributed by atoms with van der Waals surface area (Å²) in [6.07, 6.45) is 7.10. The van der Waals surface area contributed by atoms with Gasteiger partial charge in [-0.3, -0.25) is 0 Å². The lowest BCUT2D eigenvalue weighted by atomic mass is 10.1. The fraction of sp³-hybridized carbons (Fsp3) is 0.545. The molecule has 5 heteroatoms. The van der Waals surface area contributed by atoms with Crippen LogP contribution >= 0.6 is 0 Å². The molecule has 0 saturated carbocycles. The quantitative estimate of drug-likeness (QED) is 0.420. The Bertz CT molecular complexity index is 312. The van der Waals surface area contributed by atoms with Crippen LogP contribution in [-0.4, -0.2) is 40.3 Å². The number of hydrogen-bond acceptors (Lipinski definition) is 4. The van der Waals surface area contributed by atoms with E-state index in [1.165, 1.54) is 0 Å². The molecule has 0 radical (unpaired) electrons. The third-order valence-electron chi connectivity index (χ3n) is 2.34. The first kappa shape index (κ1) is 13.3. The van der Waals surface area contributed by atoms with Crippen molar-refractivity contribution in [3.05, 3.63) is 23.8 Å². The summed E-state index contributed by atoms with van der Waals surface area (Å²) < 4.78 is 18.2.